The number of aliphatic hydroxyl groups is 1. The van der Waals surface area contributed by atoms with Gasteiger partial charge in [0.25, 0.3) is 0 Å². The van der Waals surface area contributed by atoms with Gasteiger partial charge in [-0.2, -0.15) is 4.98 Å². The number of nitrogens with zero attached hydrogens (tertiary/aromatic N) is 3. The number of fused-ring (bicyclic) bond motifs is 1. The Balaban J connectivity index is 1.54. The number of hydrogen-bond acceptors (Lipinski definition) is 8. The van der Waals surface area contributed by atoms with Gasteiger partial charge in [-0.1, -0.05) is 12.6 Å². The maximum atomic E-state index is 14.4. The summed E-state index contributed by atoms with van der Waals surface area (Å²) in [4.78, 5) is 21.8. The van der Waals surface area contributed by atoms with Crippen molar-refractivity contribution >= 4 is 40.4 Å². The zero-order valence-corrected chi connectivity index (χ0v) is 17.9. The molecule has 0 aliphatic carbocycles. The van der Waals surface area contributed by atoms with E-state index in [1.54, 1.807) is 47.4 Å². The van der Waals surface area contributed by atoms with Crippen LogP contribution >= 0.6 is 0 Å². The fraction of sp³-hybridized carbons (Fsp3) is 0.174. The molecule has 4 N–H and O–H groups in total. The van der Waals surface area contributed by atoms with Crippen molar-refractivity contribution in [3.05, 3.63) is 67.1 Å². The van der Waals surface area contributed by atoms with Crippen LogP contribution < -0.4 is 25.6 Å². The monoisotopic (exact) mass is 450 g/mol. The van der Waals surface area contributed by atoms with E-state index in [1.807, 2.05) is 0 Å². The van der Waals surface area contributed by atoms with Crippen molar-refractivity contribution in [2.24, 2.45) is 0 Å². The van der Waals surface area contributed by atoms with Crippen LogP contribution in [0.2, 0.25) is 0 Å². The predicted molar refractivity (Wildman–Crippen MR) is 125 cm³/mol. The highest BCUT2D eigenvalue weighted by molar-refractivity contribution is 5.94. The number of carbonyl (C=O) groups is 1. The maximum Gasteiger partial charge on any atom is 0.229 e. The Morgan fingerprint density at radius 2 is 2.03 bits per heavy atom. The van der Waals surface area contributed by atoms with E-state index in [4.69, 9.17) is 4.74 Å². The van der Waals surface area contributed by atoms with E-state index in [2.05, 4.69) is 32.5 Å². The molecule has 0 radical (unpaired) electrons. The van der Waals surface area contributed by atoms with E-state index in [1.165, 1.54) is 13.0 Å². The van der Waals surface area contributed by atoms with E-state index in [-0.39, 0.29) is 17.7 Å². The standard InChI is InChI=1S/C23H23FN6O3/c1-3-21(32)26-15-5-4-6-16(11-15)27-22-18(24)13-25-23(29-22)28-17-7-8-20-19(12-17)30(14(2)31)9-10-33-20/h3-8,11-13,21,26,32H,1,9-10H2,2H3,(H2,25,27,28,29). The molecule has 1 aliphatic rings. The summed E-state index contributed by atoms with van der Waals surface area (Å²) in [5.41, 5.74) is 2.44. The summed E-state index contributed by atoms with van der Waals surface area (Å²) < 4.78 is 20.0. The summed E-state index contributed by atoms with van der Waals surface area (Å²) in [7, 11) is 0. The van der Waals surface area contributed by atoms with Gasteiger partial charge in [0, 0.05) is 24.0 Å². The van der Waals surface area contributed by atoms with Crippen LogP contribution in [-0.2, 0) is 4.79 Å². The third-order valence-electron chi connectivity index (χ3n) is 4.87. The van der Waals surface area contributed by atoms with Crippen LogP contribution in [0.15, 0.2) is 61.3 Å². The van der Waals surface area contributed by atoms with Gasteiger partial charge in [-0.05, 0) is 42.5 Å². The Bertz CT molecular complexity index is 1190. The van der Waals surface area contributed by atoms with Gasteiger partial charge in [-0.3, -0.25) is 4.79 Å². The van der Waals surface area contributed by atoms with Crippen LogP contribution in [0.1, 0.15) is 6.92 Å². The van der Waals surface area contributed by atoms with Crippen molar-refractivity contribution < 1.29 is 19.0 Å². The first kappa shape index (κ1) is 22.0. The number of carbonyl (C=O) groups excluding carboxylic acids is 1. The molecule has 1 unspecified atom stereocenters. The van der Waals surface area contributed by atoms with Gasteiger partial charge in [-0.25, -0.2) is 9.37 Å². The number of halogens is 1. The predicted octanol–water partition coefficient (Wildman–Crippen LogP) is 3.76. The minimum absolute atomic E-state index is 0.0272. The van der Waals surface area contributed by atoms with Crippen LogP contribution in [0.3, 0.4) is 0 Å². The molecule has 1 atom stereocenters. The SMILES string of the molecule is C=CC(O)Nc1cccc(Nc2nc(Nc3ccc4c(c3)N(C(C)=O)CCO4)ncc2F)c1. The summed E-state index contributed by atoms with van der Waals surface area (Å²) in [5.74, 6) is 0.0338. The first-order chi connectivity index (χ1) is 15.9. The number of ether oxygens (including phenoxy) is 1. The zero-order chi connectivity index (χ0) is 23.4. The highest BCUT2D eigenvalue weighted by Gasteiger charge is 2.21. The molecule has 0 bridgehead atoms. The molecular formula is C23H23FN6O3. The molecule has 9 nitrogen and oxygen atoms in total. The molecule has 3 aromatic rings. The zero-order valence-electron chi connectivity index (χ0n) is 17.9. The summed E-state index contributed by atoms with van der Waals surface area (Å²) >= 11 is 0. The second-order valence-electron chi connectivity index (χ2n) is 7.25. The van der Waals surface area contributed by atoms with Crippen LogP contribution in [0.25, 0.3) is 0 Å². The summed E-state index contributed by atoms with van der Waals surface area (Å²) in [5, 5.41) is 18.4. The number of rotatable bonds is 7. The molecular weight excluding hydrogens is 427 g/mol. The molecule has 0 saturated heterocycles. The number of aromatic nitrogens is 2. The highest BCUT2D eigenvalue weighted by Crippen LogP contribution is 2.35. The van der Waals surface area contributed by atoms with Crippen LogP contribution in [0.4, 0.5) is 38.9 Å². The summed E-state index contributed by atoms with van der Waals surface area (Å²) in [6.07, 6.45) is 1.50. The Labute approximate surface area is 189 Å². The van der Waals surface area contributed by atoms with Crippen molar-refractivity contribution in [1.82, 2.24) is 9.97 Å². The maximum absolute atomic E-state index is 14.4. The molecule has 0 fully saturated rings. The molecule has 10 heteroatoms. The molecule has 2 heterocycles. The molecule has 33 heavy (non-hydrogen) atoms. The molecule has 4 rings (SSSR count). The largest absolute Gasteiger partial charge is 0.490 e. The molecule has 170 valence electrons. The van der Waals surface area contributed by atoms with E-state index < -0.39 is 12.0 Å². The van der Waals surface area contributed by atoms with Gasteiger partial charge in [0.2, 0.25) is 11.9 Å². The van der Waals surface area contributed by atoms with Crippen molar-refractivity contribution in [1.29, 1.82) is 0 Å². The third-order valence-corrected chi connectivity index (χ3v) is 4.87. The first-order valence-corrected chi connectivity index (χ1v) is 10.2. The molecule has 1 amide bonds. The van der Waals surface area contributed by atoms with Crippen molar-refractivity contribution in [2.75, 3.05) is 34.0 Å². The van der Waals surface area contributed by atoms with E-state index >= 15 is 0 Å². The number of hydrogen-bond donors (Lipinski definition) is 4. The Kier molecular flexibility index (Phi) is 6.36. The Morgan fingerprint density at radius 3 is 2.82 bits per heavy atom. The van der Waals surface area contributed by atoms with Gasteiger partial charge in [0.15, 0.2) is 11.6 Å². The van der Waals surface area contributed by atoms with E-state index in [9.17, 15) is 14.3 Å². The van der Waals surface area contributed by atoms with Gasteiger partial charge in [0.1, 0.15) is 18.6 Å². The number of nitrogens with one attached hydrogen (secondary N) is 3. The average molecular weight is 450 g/mol. The van der Waals surface area contributed by atoms with Gasteiger partial charge in [-0.15, -0.1) is 0 Å². The summed E-state index contributed by atoms with van der Waals surface area (Å²) in [6, 6.07) is 12.2. The Hall–Kier alpha value is -4.18. The van der Waals surface area contributed by atoms with Gasteiger partial charge in [0.05, 0.1) is 18.4 Å². The quantitative estimate of drug-likeness (QED) is 0.318. The fourth-order valence-corrected chi connectivity index (χ4v) is 3.32. The smallest absolute Gasteiger partial charge is 0.229 e. The van der Waals surface area contributed by atoms with E-state index in [0.29, 0.717) is 41.7 Å². The number of benzene rings is 2. The second-order valence-corrected chi connectivity index (χ2v) is 7.25. The van der Waals surface area contributed by atoms with Crippen molar-refractivity contribution in [3.63, 3.8) is 0 Å². The normalized spacial score (nSPS) is 13.4. The molecule has 1 aromatic heterocycles. The lowest BCUT2D eigenvalue weighted by Gasteiger charge is -2.29. The van der Waals surface area contributed by atoms with Crippen LogP contribution in [0.5, 0.6) is 5.75 Å². The van der Waals surface area contributed by atoms with Crippen molar-refractivity contribution in [3.8, 4) is 5.75 Å². The third kappa shape index (κ3) is 5.18. The van der Waals surface area contributed by atoms with E-state index in [0.717, 1.165) is 6.20 Å². The summed E-state index contributed by atoms with van der Waals surface area (Å²) in [6.45, 7) is 5.90. The lowest BCUT2D eigenvalue weighted by molar-refractivity contribution is -0.116. The second kappa shape index (κ2) is 9.53. The molecule has 0 spiro atoms. The molecule has 2 aromatic carbocycles. The van der Waals surface area contributed by atoms with Crippen LogP contribution in [0, 0.1) is 5.82 Å². The minimum atomic E-state index is -0.909. The lowest BCUT2D eigenvalue weighted by Crippen LogP contribution is -2.36. The Morgan fingerprint density at radius 1 is 1.24 bits per heavy atom. The molecule has 1 aliphatic heterocycles. The van der Waals surface area contributed by atoms with Crippen LogP contribution in [-0.4, -0.2) is 40.4 Å². The number of amides is 1. The topological polar surface area (TPSA) is 112 Å². The van der Waals surface area contributed by atoms with Crippen molar-refractivity contribution in [2.45, 2.75) is 13.2 Å². The highest BCUT2D eigenvalue weighted by atomic mass is 19.1. The fourth-order valence-electron chi connectivity index (χ4n) is 3.32. The average Bonchev–Trinajstić information content (AvgIpc) is 2.81. The lowest BCUT2D eigenvalue weighted by atomic mass is 10.2. The van der Waals surface area contributed by atoms with Gasteiger partial charge >= 0.3 is 0 Å². The molecule has 0 saturated carbocycles. The number of anilines is 6. The minimum Gasteiger partial charge on any atom is -0.490 e. The van der Waals surface area contributed by atoms with Gasteiger partial charge < -0.3 is 30.7 Å². The first-order valence-electron chi connectivity index (χ1n) is 10.2. The number of aliphatic hydroxyl groups excluding tert-OH is 1.